The molecule has 3 N–H and O–H groups in total. The van der Waals surface area contributed by atoms with Crippen molar-refractivity contribution in [3.05, 3.63) is 131 Å². The number of benzene rings is 4. The molecule has 4 aliphatic rings. The minimum absolute atomic E-state index is 0.0283. The van der Waals surface area contributed by atoms with Crippen molar-refractivity contribution >= 4 is 29.6 Å². The fourth-order valence-electron chi connectivity index (χ4n) is 9.81. The van der Waals surface area contributed by atoms with Crippen LogP contribution in [0.15, 0.2) is 103 Å². The van der Waals surface area contributed by atoms with Crippen LogP contribution in [0.5, 0.6) is 5.75 Å². The number of carbonyl (C=O) groups excluding carboxylic acids is 3. The molecule has 6 unspecified atom stereocenters. The van der Waals surface area contributed by atoms with Gasteiger partial charge in [0.25, 0.3) is 0 Å². The van der Waals surface area contributed by atoms with Crippen molar-refractivity contribution in [2.24, 2.45) is 5.92 Å². The molecule has 3 aliphatic heterocycles. The number of hydrogen-bond acceptors (Lipinski definition) is 11. The summed E-state index contributed by atoms with van der Waals surface area (Å²) in [5, 5.41) is 33.0. The zero-order valence-corrected chi connectivity index (χ0v) is 33.8. The number of hydrogen-bond donors (Lipinski definition) is 3. The maximum absolute atomic E-state index is 15.9. The molecule has 4 aromatic carbocycles. The Morgan fingerprint density at radius 1 is 0.836 bits per heavy atom. The fraction of sp³-hybridized carbons (Fsp3) is 0.375. The molecular formula is C48H48N2O11. The highest BCUT2D eigenvalue weighted by atomic mass is 16.6. The number of aliphatic carboxylic acids is 1. The molecule has 0 aromatic heterocycles. The van der Waals surface area contributed by atoms with Gasteiger partial charge in [0, 0.05) is 18.2 Å². The number of fused-ring (bicyclic) bond motifs is 3. The molecule has 2 saturated heterocycles. The molecule has 3 fully saturated rings. The second-order valence-corrected chi connectivity index (χ2v) is 15.9. The number of esters is 1. The van der Waals surface area contributed by atoms with E-state index < -0.39 is 65.1 Å². The number of nitrogens with zero attached hydrogens (tertiary/aromatic N) is 2. The first kappa shape index (κ1) is 41.7. The van der Waals surface area contributed by atoms with Crippen LogP contribution in [-0.2, 0) is 34.0 Å². The van der Waals surface area contributed by atoms with E-state index in [1.165, 1.54) is 13.2 Å². The fourth-order valence-corrected chi connectivity index (χ4v) is 9.81. The third kappa shape index (κ3) is 7.44. The lowest BCUT2D eigenvalue weighted by molar-refractivity contribution is -0.179. The maximum atomic E-state index is 15.9. The average Bonchev–Trinajstić information content (AvgIpc) is 3.61. The largest absolute Gasteiger partial charge is 0.491 e. The summed E-state index contributed by atoms with van der Waals surface area (Å²) in [5.41, 5.74) is -1.30. The van der Waals surface area contributed by atoms with Crippen molar-refractivity contribution < 1.29 is 53.4 Å². The van der Waals surface area contributed by atoms with Crippen molar-refractivity contribution in [2.45, 2.75) is 73.8 Å². The molecule has 1 saturated carbocycles. The highest BCUT2D eigenvalue weighted by Crippen LogP contribution is 2.66. The van der Waals surface area contributed by atoms with Crippen LogP contribution in [-0.4, -0.2) is 89.3 Å². The molecule has 3 heterocycles. The number of amides is 2. The number of para-hydroxylation sites is 1. The van der Waals surface area contributed by atoms with Crippen LogP contribution in [0.1, 0.15) is 84.5 Å². The standard InChI is InChI=1S/C48H48N2O11/c1-58-28-29-60-46(56)49-36-21-20-31(22-25-47(57)23-12-2-3-13-24-47)30-35(36)48(45(49)55)38(43(52)53)40-44(54)61-41(33-16-8-5-9-17-33)39(32-14-6-4-7-15-32)50(40)42(48)34-18-10-11-19-37(34)59-27-26-51/h4-11,14-21,30,38-42,51,57H,2-3,12-13,23-24,26-29H2,1H3,(H,52,53). The van der Waals surface area contributed by atoms with Crippen molar-refractivity contribution in [1.82, 2.24) is 4.90 Å². The lowest BCUT2D eigenvalue weighted by atomic mass is 9.65. The quantitative estimate of drug-likeness (QED) is 0.0735. The first-order valence-corrected chi connectivity index (χ1v) is 20.7. The number of morpholine rings is 1. The molecule has 2 amide bonds. The van der Waals surface area contributed by atoms with Crippen LogP contribution in [0.3, 0.4) is 0 Å². The normalized spacial score (nSPS) is 25.4. The van der Waals surface area contributed by atoms with E-state index in [1.807, 2.05) is 60.7 Å². The van der Waals surface area contributed by atoms with Gasteiger partial charge in [-0.1, -0.05) is 104 Å². The summed E-state index contributed by atoms with van der Waals surface area (Å²) >= 11 is 0. The van der Waals surface area contributed by atoms with Gasteiger partial charge in [-0.2, -0.15) is 0 Å². The van der Waals surface area contributed by atoms with Crippen LogP contribution in [0.25, 0.3) is 0 Å². The summed E-state index contributed by atoms with van der Waals surface area (Å²) < 4.78 is 23.2. The van der Waals surface area contributed by atoms with Crippen molar-refractivity contribution in [3.8, 4) is 17.6 Å². The lowest BCUT2D eigenvalue weighted by Crippen LogP contribution is -2.53. The van der Waals surface area contributed by atoms with E-state index in [0.29, 0.717) is 35.1 Å². The Balaban J connectivity index is 1.44. The molecule has 13 heteroatoms. The molecule has 0 radical (unpaired) electrons. The molecular weight excluding hydrogens is 781 g/mol. The zero-order chi connectivity index (χ0) is 42.7. The summed E-state index contributed by atoms with van der Waals surface area (Å²) in [6.45, 7) is -0.658. The van der Waals surface area contributed by atoms with Gasteiger partial charge in [0.2, 0.25) is 5.91 Å². The van der Waals surface area contributed by atoms with Crippen molar-refractivity contribution in [2.75, 3.05) is 38.4 Å². The number of ether oxygens (including phenoxy) is 4. The van der Waals surface area contributed by atoms with E-state index in [0.717, 1.165) is 30.6 Å². The first-order chi connectivity index (χ1) is 29.6. The molecule has 1 spiro atoms. The highest BCUT2D eigenvalue weighted by Gasteiger charge is 2.76. The molecule has 0 bridgehead atoms. The number of aliphatic hydroxyl groups is 2. The predicted molar refractivity (Wildman–Crippen MR) is 221 cm³/mol. The highest BCUT2D eigenvalue weighted by molar-refractivity contribution is 6.23. The van der Waals surface area contributed by atoms with E-state index >= 15 is 4.79 Å². The monoisotopic (exact) mass is 828 g/mol. The Bertz CT molecular complexity index is 2340. The number of aliphatic hydroxyl groups excluding tert-OH is 1. The molecule has 61 heavy (non-hydrogen) atoms. The summed E-state index contributed by atoms with van der Waals surface area (Å²) in [6.07, 6.45) is 2.54. The zero-order valence-electron chi connectivity index (χ0n) is 33.8. The van der Waals surface area contributed by atoms with Crippen LogP contribution >= 0.6 is 0 Å². The molecule has 6 atom stereocenters. The van der Waals surface area contributed by atoms with E-state index in [4.69, 9.17) is 18.9 Å². The molecule has 4 aromatic rings. The molecule has 8 rings (SSSR count). The Morgan fingerprint density at radius 3 is 2.18 bits per heavy atom. The second-order valence-electron chi connectivity index (χ2n) is 15.9. The van der Waals surface area contributed by atoms with Gasteiger partial charge in [0.1, 0.15) is 48.0 Å². The van der Waals surface area contributed by atoms with Gasteiger partial charge in [-0.15, -0.1) is 0 Å². The smallest absolute Gasteiger partial charge is 0.421 e. The minimum atomic E-state index is -2.24. The van der Waals surface area contributed by atoms with Crippen molar-refractivity contribution in [1.29, 1.82) is 0 Å². The summed E-state index contributed by atoms with van der Waals surface area (Å²) in [6, 6.07) is 26.1. The van der Waals surface area contributed by atoms with Crippen LogP contribution in [0.2, 0.25) is 0 Å². The number of imide groups is 1. The van der Waals surface area contributed by atoms with Gasteiger partial charge in [-0.3, -0.25) is 19.3 Å². The number of cyclic esters (lactones) is 1. The number of anilines is 1. The number of carbonyl (C=O) groups is 4. The Morgan fingerprint density at radius 2 is 1.51 bits per heavy atom. The first-order valence-electron chi connectivity index (χ1n) is 20.7. The van der Waals surface area contributed by atoms with E-state index in [9.17, 15) is 29.7 Å². The van der Waals surface area contributed by atoms with Gasteiger partial charge in [0.15, 0.2) is 0 Å². The van der Waals surface area contributed by atoms with Gasteiger partial charge < -0.3 is 34.3 Å². The summed E-state index contributed by atoms with van der Waals surface area (Å²) in [4.78, 5) is 61.9. The van der Waals surface area contributed by atoms with Gasteiger partial charge >= 0.3 is 18.0 Å². The summed E-state index contributed by atoms with van der Waals surface area (Å²) in [7, 11) is 1.44. The number of methoxy groups -OCH3 is 1. The number of carboxylic acid groups (broad SMARTS) is 1. The molecule has 1 aliphatic carbocycles. The third-order valence-corrected chi connectivity index (χ3v) is 12.4. The molecule has 316 valence electrons. The summed E-state index contributed by atoms with van der Waals surface area (Å²) in [5.74, 6) is 1.30. The number of rotatable bonds is 10. The third-order valence-electron chi connectivity index (χ3n) is 12.4. The van der Waals surface area contributed by atoms with Crippen LogP contribution in [0, 0.1) is 17.8 Å². The van der Waals surface area contributed by atoms with Crippen LogP contribution in [0.4, 0.5) is 10.5 Å². The van der Waals surface area contributed by atoms with Gasteiger partial charge in [-0.25, -0.2) is 9.69 Å². The second kappa shape index (κ2) is 17.5. The topological polar surface area (TPSA) is 172 Å². The predicted octanol–water partition coefficient (Wildman–Crippen LogP) is 6.03. The Kier molecular flexibility index (Phi) is 12.0. The Labute approximate surface area is 353 Å². The maximum Gasteiger partial charge on any atom is 0.421 e. The van der Waals surface area contributed by atoms with E-state index in [1.54, 1.807) is 41.3 Å². The van der Waals surface area contributed by atoms with Crippen LogP contribution < -0.4 is 9.64 Å². The average molecular weight is 829 g/mol. The number of carboxylic acids is 1. The minimum Gasteiger partial charge on any atom is -0.491 e. The lowest BCUT2D eigenvalue weighted by Gasteiger charge is -2.46. The van der Waals surface area contributed by atoms with E-state index in [-0.39, 0.29) is 43.4 Å². The SMILES string of the molecule is COCCOC(=O)N1C(=O)C2(c3cc(C#CC4(O)CCCCCC4)ccc31)C(C(=O)O)C1C(=O)OC(c3ccccc3)C(c3ccccc3)N1C2c1ccccc1OCCO. The van der Waals surface area contributed by atoms with E-state index in [2.05, 4.69) is 11.8 Å². The molecule has 13 nitrogen and oxygen atoms in total. The van der Waals surface area contributed by atoms with Crippen molar-refractivity contribution in [3.63, 3.8) is 0 Å². The Hall–Kier alpha value is -6.04. The van der Waals surface area contributed by atoms with Gasteiger partial charge in [-0.05, 0) is 66.6 Å². The van der Waals surface area contributed by atoms with Gasteiger partial charge in [0.05, 0.1) is 31.0 Å².